The molecule has 0 aromatic heterocycles. The highest BCUT2D eigenvalue weighted by Gasteiger charge is 2.17. The number of hydrogen-bond donors (Lipinski definition) is 2. The number of carbonyl (C=O) groups excluding carboxylic acids is 1. The van der Waals surface area contributed by atoms with Gasteiger partial charge in [-0.25, -0.2) is 4.79 Å². The average Bonchev–Trinajstić information content (AvgIpc) is 2.79. The van der Waals surface area contributed by atoms with Crippen LogP contribution in [0.2, 0.25) is 5.02 Å². The number of urea groups is 1. The molecule has 23 heavy (non-hydrogen) atoms. The number of hydrogen-bond acceptors (Lipinski definition) is 5. The zero-order valence-corrected chi connectivity index (χ0v) is 13.4. The number of amides is 2. The van der Waals surface area contributed by atoms with Crippen LogP contribution in [-0.2, 0) is 9.47 Å². The van der Waals surface area contributed by atoms with Crippen LogP contribution in [0.25, 0.3) is 0 Å². The van der Waals surface area contributed by atoms with Crippen molar-refractivity contribution in [3.8, 4) is 11.5 Å². The van der Waals surface area contributed by atoms with Gasteiger partial charge >= 0.3 is 6.03 Å². The number of rotatable bonds is 3. The Morgan fingerprint density at radius 2 is 1.96 bits per heavy atom. The maximum Gasteiger partial charge on any atom is 0.319 e. The molecule has 2 amide bonds. The fraction of sp³-hybridized carbons (Fsp3) is 0.533. The molecule has 0 bridgehead atoms. The summed E-state index contributed by atoms with van der Waals surface area (Å²) in [6.07, 6.45) is 0.674. The Balaban J connectivity index is 1.58. The van der Waals surface area contributed by atoms with Gasteiger partial charge in [0, 0.05) is 25.1 Å². The van der Waals surface area contributed by atoms with Gasteiger partial charge in [0.05, 0.1) is 49.8 Å². The molecule has 0 radical (unpaired) electrons. The summed E-state index contributed by atoms with van der Waals surface area (Å²) in [4.78, 5) is 12.0. The minimum Gasteiger partial charge on any atom is -0.490 e. The molecule has 0 saturated carbocycles. The number of benzene rings is 1. The van der Waals surface area contributed by atoms with Crippen molar-refractivity contribution in [2.24, 2.45) is 0 Å². The summed E-state index contributed by atoms with van der Waals surface area (Å²) in [5, 5.41) is 5.83. The van der Waals surface area contributed by atoms with Gasteiger partial charge in [-0.3, -0.25) is 0 Å². The third kappa shape index (κ3) is 4.40. The summed E-state index contributed by atoms with van der Waals surface area (Å²) in [6.45, 7) is 3.13. The van der Waals surface area contributed by atoms with E-state index in [2.05, 4.69) is 10.6 Å². The molecule has 126 valence electrons. The van der Waals surface area contributed by atoms with Gasteiger partial charge in [0.15, 0.2) is 11.5 Å². The number of nitrogens with one attached hydrogen (secondary N) is 2. The maximum absolute atomic E-state index is 12.0. The first-order valence-electron chi connectivity index (χ1n) is 7.56. The monoisotopic (exact) mass is 342 g/mol. The first kappa shape index (κ1) is 16.2. The van der Waals surface area contributed by atoms with Crippen LogP contribution >= 0.6 is 11.6 Å². The third-order valence-electron chi connectivity index (χ3n) is 3.46. The van der Waals surface area contributed by atoms with Crippen molar-refractivity contribution in [1.29, 1.82) is 0 Å². The summed E-state index contributed by atoms with van der Waals surface area (Å²) in [6, 6.07) is 2.95. The van der Waals surface area contributed by atoms with E-state index < -0.39 is 0 Å². The van der Waals surface area contributed by atoms with Gasteiger partial charge in [-0.15, -0.1) is 0 Å². The molecule has 1 saturated heterocycles. The SMILES string of the molecule is O=C(NC[C@H]1COCCO1)Nc1cc2c(cc1Cl)OCCCO2. The van der Waals surface area contributed by atoms with E-state index in [1.165, 1.54) is 0 Å². The summed E-state index contributed by atoms with van der Waals surface area (Å²) in [7, 11) is 0. The van der Waals surface area contributed by atoms with E-state index in [1.807, 2.05) is 0 Å². The Morgan fingerprint density at radius 1 is 1.17 bits per heavy atom. The van der Waals surface area contributed by atoms with Crippen molar-refractivity contribution in [3.05, 3.63) is 17.2 Å². The molecule has 0 spiro atoms. The molecule has 2 heterocycles. The Hall–Kier alpha value is -1.70. The molecular weight excluding hydrogens is 324 g/mol. The van der Waals surface area contributed by atoms with Crippen LogP contribution in [0.4, 0.5) is 10.5 Å². The Labute approximate surface area is 139 Å². The largest absolute Gasteiger partial charge is 0.490 e. The molecule has 7 nitrogen and oxygen atoms in total. The number of halogens is 1. The molecule has 1 aromatic rings. The molecule has 2 aliphatic heterocycles. The summed E-state index contributed by atoms with van der Waals surface area (Å²) in [5.74, 6) is 1.16. The molecule has 3 rings (SSSR count). The third-order valence-corrected chi connectivity index (χ3v) is 3.77. The lowest BCUT2D eigenvalue weighted by Gasteiger charge is -2.23. The molecule has 1 aromatic carbocycles. The standard InChI is InChI=1S/C15H19ClN2O5/c16-11-6-13-14(23-3-1-2-22-13)7-12(11)18-15(19)17-8-10-9-20-4-5-21-10/h6-7,10H,1-5,8-9H2,(H2,17,18,19)/t10-/m0/s1. The molecule has 8 heteroatoms. The van der Waals surface area contributed by atoms with E-state index >= 15 is 0 Å². The van der Waals surface area contributed by atoms with Gasteiger partial charge in [-0.05, 0) is 0 Å². The van der Waals surface area contributed by atoms with E-state index in [0.717, 1.165) is 6.42 Å². The number of ether oxygens (including phenoxy) is 4. The Bertz CT molecular complexity index is 563. The highest BCUT2D eigenvalue weighted by Crippen LogP contribution is 2.37. The van der Waals surface area contributed by atoms with Crippen LogP contribution in [0.5, 0.6) is 11.5 Å². The van der Waals surface area contributed by atoms with Crippen LogP contribution in [0, 0.1) is 0 Å². The van der Waals surface area contributed by atoms with Crippen molar-refractivity contribution in [1.82, 2.24) is 5.32 Å². The molecule has 2 N–H and O–H groups in total. The molecular formula is C15H19ClN2O5. The second-order valence-corrected chi connectivity index (χ2v) is 5.64. The Kier molecular flexibility index (Phi) is 5.43. The molecule has 2 aliphatic rings. The van der Waals surface area contributed by atoms with Crippen LogP contribution in [-0.4, -0.2) is 51.7 Å². The van der Waals surface area contributed by atoms with Crippen LogP contribution in [0.1, 0.15) is 6.42 Å². The van der Waals surface area contributed by atoms with E-state index in [-0.39, 0.29) is 12.1 Å². The van der Waals surface area contributed by atoms with Gasteiger partial charge in [0.1, 0.15) is 0 Å². The van der Waals surface area contributed by atoms with E-state index in [0.29, 0.717) is 61.8 Å². The van der Waals surface area contributed by atoms with Crippen molar-refractivity contribution >= 4 is 23.3 Å². The van der Waals surface area contributed by atoms with E-state index in [4.69, 9.17) is 30.5 Å². The molecule has 0 unspecified atom stereocenters. The minimum atomic E-state index is -0.365. The summed E-state index contributed by atoms with van der Waals surface area (Å²) >= 11 is 6.18. The average molecular weight is 343 g/mol. The first-order valence-corrected chi connectivity index (χ1v) is 7.93. The van der Waals surface area contributed by atoms with Gasteiger partial charge < -0.3 is 29.6 Å². The van der Waals surface area contributed by atoms with Crippen LogP contribution in [0.15, 0.2) is 12.1 Å². The summed E-state index contributed by atoms with van der Waals surface area (Å²) in [5.41, 5.74) is 0.467. The lowest BCUT2D eigenvalue weighted by Crippen LogP contribution is -2.41. The smallest absolute Gasteiger partial charge is 0.319 e. The first-order chi connectivity index (χ1) is 11.2. The zero-order chi connectivity index (χ0) is 16.1. The predicted molar refractivity (Wildman–Crippen MR) is 84.6 cm³/mol. The quantitative estimate of drug-likeness (QED) is 0.879. The van der Waals surface area contributed by atoms with Crippen LogP contribution in [0.3, 0.4) is 0 Å². The second-order valence-electron chi connectivity index (χ2n) is 5.23. The van der Waals surface area contributed by atoms with Crippen molar-refractivity contribution in [2.45, 2.75) is 12.5 Å². The fourth-order valence-corrected chi connectivity index (χ4v) is 2.51. The number of anilines is 1. The Morgan fingerprint density at radius 3 is 2.70 bits per heavy atom. The summed E-state index contributed by atoms with van der Waals surface area (Å²) < 4.78 is 21.9. The lowest BCUT2D eigenvalue weighted by molar-refractivity contribution is -0.0852. The fourth-order valence-electron chi connectivity index (χ4n) is 2.31. The zero-order valence-electron chi connectivity index (χ0n) is 12.6. The van der Waals surface area contributed by atoms with Gasteiger partial charge in [0.2, 0.25) is 0 Å². The van der Waals surface area contributed by atoms with Crippen molar-refractivity contribution in [2.75, 3.05) is 44.9 Å². The second kappa shape index (κ2) is 7.72. The van der Waals surface area contributed by atoms with E-state index in [9.17, 15) is 4.79 Å². The molecule has 0 aliphatic carbocycles. The maximum atomic E-state index is 12.0. The van der Waals surface area contributed by atoms with Crippen molar-refractivity contribution < 1.29 is 23.7 Å². The highest BCUT2D eigenvalue weighted by atomic mass is 35.5. The predicted octanol–water partition coefficient (Wildman–Crippen LogP) is 2.04. The van der Waals surface area contributed by atoms with E-state index in [1.54, 1.807) is 12.1 Å². The lowest BCUT2D eigenvalue weighted by atomic mass is 10.2. The van der Waals surface area contributed by atoms with Gasteiger partial charge in [-0.2, -0.15) is 0 Å². The number of carbonyl (C=O) groups is 1. The minimum absolute atomic E-state index is 0.131. The van der Waals surface area contributed by atoms with Crippen molar-refractivity contribution in [3.63, 3.8) is 0 Å². The molecule has 1 fully saturated rings. The topological polar surface area (TPSA) is 78.1 Å². The normalized spacial score (nSPS) is 20.5. The van der Waals surface area contributed by atoms with Gasteiger partial charge in [-0.1, -0.05) is 11.6 Å². The number of fused-ring (bicyclic) bond motifs is 1. The molecule has 1 atom stereocenters. The van der Waals surface area contributed by atoms with Crippen LogP contribution < -0.4 is 20.1 Å². The van der Waals surface area contributed by atoms with Gasteiger partial charge in [0.25, 0.3) is 0 Å². The highest BCUT2D eigenvalue weighted by molar-refractivity contribution is 6.34.